The Morgan fingerprint density at radius 1 is 1.60 bits per heavy atom. The molecule has 1 aliphatic rings. The highest BCUT2D eigenvalue weighted by Gasteiger charge is 2.42. The second-order valence-corrected chi connectivity index (χ2v) is 1.98. The van der Waals surface area contributed by atoms with Gasteiger partial charge in [-0.25, -0.2) is 4.99 Å². The summed E-state index contributed by atoms with van der Waals surface area (Å²) >= 11 is 0. The smallest absolute Gasteiger partial charge is 0.349 e. The van der Waals surface area contributed by atoms with E-state index >= 15 is 0 Å². The summed E-state index contributed by atoms with van der Waals surface area (Å²) in [6, 6.07) is -1.70. The van der Waals surface area contributed by atoms with Gasteiger partial charge < -0.3 is 4.90 Å². The van der Waals surface area contributed by atoms with Crippen LogP contribution in [0, 0.1) is 6.54 Å². The van der Waals surface area contributed by atoms with E-state index < -0.39 is 12.2 Å². The molecule has 1 aliphatic heterocycles. The first-order valence-corrected chi connectivity index (χ1v) is 2.60. The van der Waals surface area contributed by atoms with Crippen molar-refractivity contribution in [3.63, 3.8) is 0 Å². The first kappa shape index (κ1) is 7.37. The van der Waals surface area contributed by atoms with Gasteiger partial charge in [0, 0.05) is 7.05 Å². The average molecular weight is 150 g/mol. The van der Waals surface area contributed by atoms with Crippen LogP contribution < -0.4 is 0 Å². The van der Waals surface area contributed by atoms with Crippen LogP contribution in [0.25, 0.3) is 0 Å². The molecule has 0 saturated carbocycles. The molecule has 10 heavy (non-hydrogen) atoms. The monoisotopic (exact) mass is 150 g/mol. The van der Waals surface area contributed by atoms with E-state index in [9.17, 15) is 13.2 Å². The quantitative estimate of drug-likeness (QED) is 0.501. The molecule has 0 aromatic heterocycles. The van der Waals surface area contributed by atoms with Crippen LogP contribution in [-0.2, 0) is 0 Å². The van der Waals surface area contributed by atoms with E-state index in [4.69, 9.17) is 0 Å². The van der Waals surface area contributed by atoms with E-state index in [-0.39, 0.29) is 0 Å². The lowest BCUT2D eigenvalue weighted by atomic mass is 10.3. The van der Waals surface area contributed by atoms with Gasteiger partial charge in [0.05, 0.1) is 6.54 Å². The Morgan fingerprint density at radius 3 is 2.40 bits per heavy atom. The zero-order valence-electron chi connectivity index (χ0n) is 5.18. The van der Waals surface area contributed by atoms with Crippen LogP contribution in [0.2, 0.25) is 0 Å². The number of alkyl halides is 3. The van der Waals surface area contributed by atoms with E-state index in [2.05, 4.69) is 11.3 Å². The maximum Gasteiger partial charge on any atom is 0.412 e. The highest BCUT2D eigenvalue weighted by molar-refractivity contribution is 5.59. The van der Waals surface area contributed by atoms with Crippen molar-refractivity contribution in [2.24, 2.45) is 4.99 Å². The lowest BCUT2D eigenvalue weighted by molar-refractivity contribution is -0.140. The average Bonchev–Trinajstić information content (AvgIpc) is 2.11. The molecule has 0 aromatic rings. The molecule has 0 saturated heterocycles. The van der Waals surface area contributed by atoms with Gasteiger partial charge >= 0.3 is 6.18 Å². The highest BCUT2D eigenvalue weighted by atomic mass is 19.4. The van der Waals surface area contributed by atoms with Gasteiger partial charge in [0.15, 0.2) is 12.4 Å². The predicted octanol–water partition coefficient (Wildman–Crippen LogP) is 0.930. The number of nitrogens with zero attached hydrogens (tertiary/aromatic N) is 2. The number of hydrogen-bond acceptors (Lipinski definition) is 2. The Morgan fingerprint density at radius 2 is 2.20 bits per heavy atom. The summed E-state index contributed by atoms with van der Waals surface area (Å²) in [6.45, 7) is 0.958. The first-order chi connectivity index (χ1) is 4.50. The molecule has 0 spiro atoms. The summed E-state index contributed by atoms with van der Waals surface area (Å²) < 4.78 is 35.2. The van der Waals surface area contributed by atoms with Gasteiger partial charge in [-0.3, -0.25) is 0 Å². The van der Waals surface area contributed by atoms with Crippen molar-refractivity contribution in [2.75, 3.05) is 7.05 Å². The Balaban J connectivity index is 2.55. The second-order valence-electron chi connectivity index (χ2n) is 1.98. The van der Waals surface area contributed by atoms with Crippen molar-refractivity contribution in [3.05, 3.63) is 6.54 Å². The van der Waals surface area contributed by atoms with Crippen LogP contribution in [0.15, 0.2) is 4.99 Å². The summed E-state index contributed by atoms with van der Waals surface area (Å²) in [7, 11) is 1.45. The molecule has 0 aliphatic carbocycles. The van der Waals surface area contributed by atoms with E-state index in [1.54, 1.807) is 0 Å². The number of likely N-dealkylation sites (N-methyl/N-ethyl adjacent to an activating group) is 1. The van der Waals surface area contributed by atoms with Crippen molar-refractivity contribution >= 4 is 6.34 Å². The van der Waals surface area contributed by atoms with Gasteiger partial charge in [-0.2, -0.15) is 13.2 Å². The molecule has 0 fully saturated rings. The fourth-order valence-electron chi connectivity index (χ4n) is 0.589. The molecule has 5 heteroatoms. The van der Waals surface area contributed by atoms with Gasteiger partial charge in [0.1, 0.15) is 0 Å². The molecular weight excluding hydrogens is 145 g/mol. The van der Waals surface area contributed by atoms with Crippen molar-refractivity contribution in [3.8, 4) is 0 Å². The topological polar surface area (TPSA) is 15.6 Å². The summed E-state index contributed by atoms with van der Waals surface area (Å²) in [6.07, 6.45) is -2.11. The van der Waals surface area contributed by atoms with Crippen LogP contribution in [0.3, 0.4) is 0 Å². The summed E-state index contributed by atoms with van der Waals surface area (Å²) in [5, 5.41) is 0. The third kappa shape index (κ3) is 1.40. The van der Waals surface area contributed by atoms with Crippen LogP contribution >= 0.6 is 0 Å². The maximum atomic E-state index is 11.7. The Labute approximate surface area is 56.3 Å². The molecule has 56 valence electrons. The predicted molar refractivity (Wildman–Crippen MR) is 29.3 cm³/mol. The van der Waals surface area contributed by atoms with Crippen molar-refractivity contribution < 1.29 is 13.2 Å². The molecule has 0 N–H and O–H groups in total. The van der Waals surface area contributed by atoms with Crippen molar-refractivity contribution in [1.29, 1.82) is 0 Å². The van der Waals surface area contributed by atoms with Crippen molar-refractivity contribution in [1.82, 2.24) is 4.90 Å². The minimum absolute atomic E-state index is 0.958. The van der Waals surface area contributed by atoms with E-state index in [0.717, 1.165) is 11.4 Å². The van der Waals surface area contributed by atoms with Gasteiger partial charge in [-0.1, -0.05) is 0 Å². The second kappa shape index (κ2) is 2.14. The fraction of sp³-hybridized carbons (Fsp3) is 0.600. The maximum absolute atomic E-state index is 11.7. The summed E-state index contributed by atoms with van der Waals surface area (Å²) in [5.74, 6) is 0. The molecule has 1 rings (SSSR count). The zero-order chi connectivity index (χ0) is 7.78. The van der Waals surface area contributed by atoms with Crippen LogP contribution in [-0.4, -0.2) is 30.5 Å². The molecule has 1 unspecified atom stereocenters. The van der Waals surface area contributed by atoms with Gasteiger partial charge in [-0.05, 0) is 0 Å². The third-order valence-corrected chi connectivity index (χ3v) is 1.05. The lowest BCUT2D eigenvalue weighted by Gasteiger charge is -2.11. The number of hydrogen-bond donors (Lipinski definition) is 0. The van der Waals surface area contributed by atoms with Gasteiger partial charge in [0.2, 0.25) is 0 Å². The Hall–Kier alpha value is -0.740. The van der Waals surface area contributed by atoms with Crippen LogP contribution in [0.4, 0.5) is 13.2 Å². The number of halogens is 3. The highest BCUT2D eigenvalue weighted by Crippen LogP contribution is 2.27. The van der Waals surface area contributed by atoms with Gasteiger partial charge in [0.25, 0.3) is 0 Å². The van der Waals surface area contributed by atoms with Crippen LogP contribution in [0.1, 0.15) is 0 Å². The fourth-order valence-corrected chi connectivity index (χ4v) is 0.589. The molecule has 2 radical (unpaired) electrons. The molecule has 0 amide bonds. The van der Waals surface area contributed by atoms with Gasteiger partial charge in [-0.15, -0.1) is 0 Å². The van der Waals surface area contributed by atoms with E-state index in [1.165, 1.54) is 7.05 Å². The van der Waals surface area contributed by atoms with E-state index in [1.807, 2.05) is 0 Å². The minimum atomic E-state index is -4.27. The molecular formula is C5H5F3N2. The zero-order valence-corrected chi connectivity index (χ0v) is 5.18. The SMILES string of the molecule is CN1[C]=NC(C(F)(F)F)[CH]1. The normalized spacial score (nSPS) is 26.0. The molecule has 2 nitrogen and oxygen atoms in total. The van der Waals surface area contributed by atoms with Crippen molar-refractivity contribution in [2.45, 2.75) is 12.2 Å². The standard InChI is InChI=1S/C5H5F3N2/c1-10-2-4(9-3-10)5(6,7)8/h2,4H,1H3. The van der Waals surface area contributed by atoms with Crippen LogP contribution in [0.5, 0.6) is 0 Å². The number of aliphatic imine (C=N–C) groups is 1. The molecule has 1 atom stereocenters. The Bertz CT molecular complexity index is 151. The molecule has 0 bridgehead atoms. The minimum Gasteiger partial charge on any atom is -0.349 e. The lowest BCUT2D eigenvalue weighted by Crippen LogP contribution is -2.27. The first-order valence-electron chi connectivity index (χ1n) is 2.60. The summed E-state index contributed by atoms with van der Waals surface area (Å²) in [5.41, 5.74) is 0. The Kier molecular flexibility index (Phi) is 1.58. The largest absolute Gasteiger partial charge is 0.412 e. The molecule has 0 aromatic carbocycles. The third-order valence-electron chi connectivity index (χ3n) is 1.05. The summed E-state index contributed by atoms with van der Waals surface area (Å²) in [4.78, 5) is 4.25. The van der Waals surface area contributed by atoms with E-state index in [0.29, 0.717) is 0 Å². The number of rotatable bonds is 0. The molecule has 1 heterocycles.